The third-order valence-electron chi connectivity index (χ3n) is 3.83. The van der Waals surface area contributed by atoms with Crippen LogP contribution in [0.15, 0.2) is 22.7 Å². The second-order valence-corrected chi connectivity index (χ2v) is 6.77. The van der Waals surface area contributed by atoms with Gasteiger partial charge in [-0.1, -0.05) is 49.0 Å². The van der Waals surface area contributed by atoms with Crippen molar-refractivity contribution in [2.24, 2.45) is 5.92 Å². The molecule has 2 amide bonds. The molecule has 1 aromatic rings. The third kappa shape index (κ3) is 8.64. The highest BCUT2D eigenvalue weighted by molar-refractivity contribution is 9.10. The number of amides is 2. The third-order valence-corrected chi connectivity index (χ3v) is 4.32. The molecule has 0 aliphatic heterocycles. The largest absolute Gasteiger partial charge is 0.381 e. The van der Waals surface area contributed by atoms with Gasteiger partial charge in [-0.15, -0.1) is 0 Å². The molecule has 0 aliphatic rings. The number of anilines is 1. The van der Waals surface area contributed by atoms with Crippen LogP contribution in [-0.2, 0) is 4.74 Å². The monoisotopic (exact) mass is 402 g/mol. The van der Waals surface area contributed by atoms with E-state index in [0.717, 1.165) is 19.4 Å². The van der Waals surface area contributed by atoms with Crippen LogP contribution < -0.4 is 10.6 Å². The zero-order valence-electron chi connectivity index (χ0n) is 14.5. The lowest BCUT2D eigenvalue weighted by molar-refractivity contribution is 0.0925. The van der Waals surface area contributed by atoms with Crippen LogP contribution in [0.5, 0.6) is 0 Å². The Morgan fingerprint density at radius 3 is 2.79 bits per heavy atom. The van der Waals surface area contributed by atoms with Gasteiger partial charge >= 0.3 is 6.03 Å². The number of ether oxygens (including phenoxy) is 1. The first-order valence-corrected chi connectivity index (χ1v) is 9.43. The van der Waals surface area contributed by atoms with E-state index in [2.05, 4.69) is 40.4 Å². The molecule has 0 radical (unpaired) electrons. The maximum atomic E-state index is 13.6. The molecule has 0 saturated heterocycles. The first kappa shape index (κ1) is 20.9. The summed E-state index contributed by atoms with van der Waals surface area (Å²) in [6.45, 7) is 6.29. The summed E-state index contributed by atoms with van der Waals surface area (Å²) in [5.41, 5.74) is 0.161. The minimum absolute atomic E-state index is 0.161. The number of urea groups is 1. The van der Waals surface area contributed by atoms with Gasteiger partial charge in [-0.25, -0.2) is 9.18 Å². The quantitative estimate of drug-likeness (QED) is 0.491. The molecule has 0 aromatic heterocycles. The normalized spacial score (nSPS) is 12.0. The fourth-order valence-electron chi connectivity index (χ4n) is 2.28. The number of carbonyl (C=O) groups is 1. The van der Waals surface area contributed by atoms with E-state index in [1.165, 1.54) is 31.4 Å². The molecule has 24 heavy (non-hydrogen) atoms. The van der Waals surface area contributed by atoms with Gasteiger partial charge in [-0.05, 0) is 37.0 Å². The maximum absolute atomic E-state index is 13.6. The predicted molar refractivity (Wildman–Crippen MR) is 99.9 cm³/mol. The van der Waals surface area contributed by atoms with Crippen LogP contribution in [0, 0.1) is 11.7 Å². The zero-order chi connectivity index (χ0) is 17.8. The first-order chi connectivity index (χ1) is 11.6. The Labute approximate surface area is 152 Å². The summed E-state index contributed by atoms with van der Waals surface area (Å²) in [4.78, 5) is 11.7. The molecule has 2 N–H and O–H groups in total. The molecular weight excluding hydrogens is 375 g/mol. The van der Waals surface area contributed by atoms with Crippen LogP contribution >= 0.6 is 15.9 Å². The molecule has 0 spiro atoms. The van der Waals surface area contributed by atoms with Crippen molar-refractivity contribution < 1.29 is 13.9 Å². The predicted octanol–water partition coefficient (Wildman–Crippen LogP) is 5.33. The van der Waals surface area contributed by atoms with Gasteiger partial charge in [-0.3, -0.25) is 0 Å². The second kappa shape index (κ2) is 12.3. The summed E-state index contributed by atoms with van der Waals surface area (Å²) in [6.07, 6.45) is 5.55. The van der Waals surface area contributed by atoms with Crippen LogP contribution in [0.25, 0.3) is 0 Å². The summed E-state index contributed by atoms with van der Waals surface area (Å²) < 4.78 is 19.9. The Balaban J connectivity index is 2.13. The Hall–Kier alpha value is -1.14. The van der Waals surface area contributed by atoms with Gasteiger partial charge < -0.3 is 15.4 Å². The number of hydrogen-bond acceptors (Lipinski definition) is 2. The topological polar surface area (TPSA) is 50.4 Å². The van der Waals surface area contributed by atoms with Crippen LogP contribution in [0.2, 0.25) is 0 Å². The number of rotatable bonds is 11. The van der Waals surface area contributed by atoms with E-state index in [9.17, 15) is 9.18 Å². The van der Waals surface area contributed by atoms with E-state index in [-0.39, 0.29) is 5.69 Å². The maximum Gasteiger partial charge on any atom is 0.319 e. The van der Waals surface area contributed by atoms with Crippen molar-refractivity contribution in [1.29, 1.82) is 0 Å². The second-order valence-electron chi connectivity index (χ2n) is 5.85. The molecule has 0 bridgehead atoms. The summed E-state index contributed by atoms with van der Waals surface area (Å²) in [5, 5.41) is 5.19. The minimum atomic E-state index is -0.472. The number of halogens is 2. The first-order valence-electron chi connectivity index (χ1n) is 8.64. The number of unbranched alkanes of at least 4 members (excludes halogenated alkanes) is 1. The molecular formula is C18H28BrFN2O2. The standard InChI is InChI=1S/C18H28BrFN2O2/c1-3-5-7-14(4-2)13-24-11-6-10-21-18(23)22-17-9-8-15(19)12-16(17)20/h8-9,12,14H,3-7,10-11,13H2,1-2H3,(H2,21,22,23). The van der Waals surface area contributed by atoms with E-state index in [1.807, 2.05) is 0 Å². The SMILES string of the molecule is CCCCC(CC)COCCCNC(=O)Nc1ccc(Br)cc1F. The van der Waals surface area contributed by atoms with Gasteiger partial charge in [0.2, 0.25) is 0 Å². The van der Waals surface area contributed by atoms with Crippen LogP contribution in [0.3, 0.4) is 0 Å². The van der Waals surface area contributed by atoms with Crippen molar-refractivity contribution in [2.75, 3.05) is 25.1 Å². The molecule has 0 saturated carbocycles. The van der Waals surface area contributed by atoms with Crippen LogP contribution in [0.4, 0.5) is 14.9 Å². The lowest BCUT2D eigenvalue weighted by Crippen LogP contribution is -2.30. The fourth-order valence-corrected chi connectivity index (χ4v) is 2.61. The van der Waals surface area contributed by atoms with E-state index < -0.39 is 11.8 Å². The zero-order valence-corrected chi connectivity index (χ0v) is 16.1. The molecule has 1 rings (SSSR count). The van der Waals surface area contributed by atoms with Crippen molar-refractivity contribution in [3.05, 3.63) is 28.5 Å². The Morgan fingerprint density at radius 1 is 1.33 bits per heavy atom. The van der Waals surface area contributed by atoms with E-state index in [4.69, 9.17) is 4.74 Å². The van der Waals surface area contributed by atoms with Gasteiger partial charge in [0.05, 0.1) is 5.69 Å². The van der Waals surface area contributed by atoms with Crippen LogP contribution in [0.1, 0.15) is 46.0 Å². The molecule has 136 valence electrons. The highest BCUT2D eigenvalue weighted by Crippen LogP contribution is 2.19. The Morgan fingerprint density at radius 2 is 2.12 bits per heavy atom. The Bertz CT molecular complexity index is 500. The molecule has 1 unspecified atom stereocenters. The molecule has 6 heteroatoms. The fraction of sp³-hybridized carbons (Fsp3) is 0.611. The lowest BCUT2D eigenvalue weighted by Gasteiger charge is -2.14. The van der Waals surface area contributed by atoms with Crippen molar-refractivity contribution in [3.63, 3.8) is 0 Å². The van der Waals surface area contributed by atoms with Gasteiger partial charge in [0.15, 0.2) is 0 Å². The number of hydrogen-bond donors (Lipinski definition) is 2. The van der Waals surface area contributed by atoms with E-state index in [0.29, 0.717) is 23.5 Å². The summed E-state index contributed by atoms with van der Waals surface area (Å²) in [7, 11) is 0. The van der Waals surface area contributed by atoms with Crippen molar-refractivity contribution in [3.8, 4) is 0 Å². The summed E-state index contributed by atoms with van der Waals surface area (Å²) in [5.74, 6) is 0.155. The number of nitrogens with one attached hydrogen (secondary N) is 2. The van der Waals surface area contributed by atoms with Crippen molar-refractivity contribution in [2.45, 2.75) is 46.0 Å². The highest BCUT2D eigenvalue weighted by Gasteiger charge is 2.07. The smallest absolute Gasteiger partial charge is 0.319 e. The summed E-state index contributed by atoms with van der Waals surface area (Å²) in [6, 6.07) is 4.09. The molecule has 0 fully saturated rings. The average Bonchev–Trinajstić information content (AvgIpc) is 2.56. The van der Waals surface area contributed by atoms with Crippen molar-refractivity contribution >= 4 is 27.6 Å². The molecule has 4 nitrogen and oxygen atoms in total. The minimum Gasteiger partial charge on any atom is -0.381 e. The lowest BCUT2D eigenvalue weighted by atomic mass is 10.0. The van der Waals surface area contributed by atoms with Crippen LogP contribution in [-0.4, -0.2) is 25.8 Å². The number of benzene rings is 1. The molecule has 1 atom stereocenters. The average molecular weight is 403 g/mol. The number of carbonyl (C=O) groups excluding carboxylic acids is 1. The summed E-state index contributed by atoms with van der Waals surface area (Å²) >= 11 is 3.18. The molecule has 1 aromatic carbocycles. The van der Waals surface area contributed by atoms with Gasteiger partial charge in [0, 0.05) is 24.2 Å². The van der Waals surface area contributed by atoms with Gasteiger partial charge in [-0.2, -0.15) is 0 Å². The van der Waals surface area contributed by atoms with E-state index in [1.54, 1.807) is 6.07 Å². The molecule has 0 aliphatic carbocycles. The Kier molecular flexibility index (Phi) is 10.7. The molecule has 0 heterocycles. The van der Waals surface area contributed by atoms with E-state index >= 15 is 0 Å². The van der Waals surface area contributed by atoms with Crippen molar-refractivity contribution in [1.82, 2.24) is 5.32 Å². The van der Waals surface area contributed by atoms with Gasteiger partial charge in [0.1, 0.15) is 5.82 Å². The highest BCUT2D eigenvalue weighted by atomic mass is 79.9. The van der Waals surface area contributed by atoms with Gasteiger partial charge in [0.25, 0.3) is 0 Å².